The van der Waals surface area contributed by atoms with Crippen LogP contribution in [0.3, 0.4) is 0 Å². The van der Waals surface area contributed by atoms with E-state index < -0.39 is 0 Å². The molecule has 2 aromatic rings. The minimum Gasteiger partial charge on any atom is -0.487 e. The van der Waals surface area contributed by atoms with Crippen molar-refractivity contribution in [1.29, 1.82) is 0 Å². The zero-order chi connectivity index (χ0) is 17.2. The fraction of sp³-hybridized carbons (Fsp3) is 0.400. The van der Waals surface area contributed by atoms with Crippen LogP contribution in [0.25, 0.3) is 0 Å². The van der Waals surface area contributed by atoms with E-state index in [1.54, 1.807) is 7.11 Å². The smallest absolute Gasteiger partial charge is 0.142 e. The topological polar surface area (TPSA) is 56.5 Å². The standard InChI is InChI=1S/C20H28N2O2/c1-16-5-3-6-18(13-16)15-24-20-9-8-17(14-19(20)21)7-4-10-22-11-12-23-2/h3,5-6,8-9,13-14,22H,4,7,10-12,15,21H2,1-2H3. The van der Waals surface area contributed by atoms with Gasteiger partial charge in [-0.3, -0.25) is 0 Å². The average Bonchev–Trinajstić information content (AvgIpc) is 2.57. The number of hydrogen-bond donors (Lipinski definition) is 2. The van der Waals surface area contributed by atoms with Crippen LogP contribution in [0.2, 0.25) is 0 Å². The Morgan fingerprint density at radius 2 is 1.92 bits per heavy atom. The predicted octanol–water partition coefficient (Wildman–Crippen LogP) is 3.32. The second kappa shape index (κ2) is 9.96. The summed E-state index contributed by atoms with van der Waals surface area (Å²) in [5.74, 6) is 0.749. The van der Waals surface area contributed by atoms with Crippen molar-refractivity contribution in [3.8, 4) is 5.75 Å². The van der Waals surface area contributed by atoms with E-state index >= 15 is 0 Å². The molecule has 0 aliphatic carbocycles. The maximum absolute atomic E-state index is 6.13. The third-order valence-corrected chi connectivity index (χ3v) is 3.85. The van der Waals surface area contributed by atoms with Gasteiger partial charge in [0.2, 0.25) is 0 Å². The molecule has 0 radical (unpaired) electrons. The molecule has 0 saturated heterocycles. The number of hydrogen-bond acceptors (Lipinski definition) is 4. The first-order valence-corrected chi connectivity index (χ1v) is 8.45. The van der Waals surface area contributed by atoms with Crippen LogP contribution in [0.5, 0.6) is 5.75 Å². The lowest BCUT2D eigenvalue weighted by Gasteiger charge is -2.11. The van der Waals surface area contributed by atoms with Crippen molar-refractivity contribution in [1.82, 2.24) is 5.32 Å². The number of aryl methyl sites for hydroxylation is 2. The van der Waals surface area contributed by atoms with Gasteiger partial charge in [0.25, 0.3) is 0 Å². The maximum Gasteiger partial charge on any atom is 0.142 e. The monoisotopic (exact) mass is 328 g/mol. The van der Waals surface area contributed by atoms with E-state index in [-0.39, 0.29) is 0 Å². The van der Waals surface area contributed by atoms with E-state index in [0.717, 1.165) is 43.9 Å². The highest BCUT2D eigenvalue weighted by atomic mass is 16.5. The highest BCUT2D eigenvalue weighted by Gasteiger charge is 2.03. The van der Waals surface area contributed by atoms with Gasteiger partial charge < -0.3 is 20.5 Å². The summed E-state index contributed by atoms with van der Waals surface area (Å²) in [6.45, 7) is 5.24. The number of nitrogens with two attached hydrogens (primary N) is 1. The Hall–Kier alpha value is -2.04. The molecule has 4 nitrogen and oxygen atoms in total. The Kier molecular flexibility index (Phi) is 7.59. The first-order chi connectivity index (χ1) is 11.7. The van der Waals surface area contributed by atoms with Crippen molar-refractivity contribution in [2.75, 3.05) is 32.5 Å². The number of nitrogen functional groups attached to an aromatic ring is 1. The summed E-state index contributed by atoms with van der Waals surface area (Å²) < 4.78 is 10.9. The van der Waals surface area contributed by atoms with Crippen LogP contribution < -0.4 is 15.8 Å². The van der Waals surface area contributed by atoms with Gasteiger partial charge in [-0.15, -0.1) is 0 Å². The predicted molar refractivity (Wildman–Crippen MR) is 99.4 cm³/mol. The third kappa shape index (κ3) is 6.22. The molecule has 130 valence electrons. The second-order valence-electron chi connectivity index (χ2n) is 6.00. The first-order valence-electron chi connectivity index (χ1n) is 8.45. The molecule has 0 aromatic heterocycles. The lowest BCUT2D eigenvalue weighted by atomic mass is 10.1. The highest BCUT2D eigenvalue weighted by molar-refractivity contribution is 5.54. The Balaban J connectivity index is 1.79. The van der Waals surface area contributed by atoms with Gasteiger partial charge in [0.05, 0.1) is 12.3 Å². The minimum atomic E-state index is 0.536. The summed E-state index contributed by atoms with van der Waals surface area (Å²) in [5, 5.41) is 3.34. The Bertz CT molecular complexity index is 629. The summed E-state index contributed by atoms with van der Waals surface area (Å²) in [7, 11) is 1.72. The van der Waals surface area contributed by atoms with Gasteiger partial charge in [-0.1, -0.05) is 35.9 Å². The van der Waals surface area contributed by atoms with Crippen molar-refractivity contribution < 1.29 is 9.47 Å². The molecule has 0 spiro atoms. The number of ether oxygens (including phenoxy) is 2. The number of methoxy groups -OCH3 is 1. The van der Waals surface area contributed by atoms with Gasteiger partial charge in [-0.25, -0.2) is 0 Å². The van der Waals surface area contributed by atoms with Crippen LogP contribution in [-0.4, -0.2) is 26.8 Å². The van der Waals surface area contributed by atoms with Gasteiger partial charge in [0.15, 0.2) is 0 Å². The number of anilines is 1. The molecule has 3 N–H and O–H groups in total. The normalized spacial score (nSPS) is 10.8. The van der Waals surface area contributed by atoms with Crippen molar-refractivity contribution in [2.24, 2.45) is 0 Å². The summed E-state index contributed by atoms with van der Waals surface area (Å²) in [6.07, 6.45) is 2.08. The molecule has 0 aliphatic rings. The Morgan fingerprint density at radius 3 is 2.67 bits per heavy atom. The number of benzene rings is 2. The molecule has 0 fully saturated rings. The van der Waals surface area contributed by atoms with E-state index in [9.17, 15) is 0 Å². The zero-order valence-electron chi connectivity index (χ0n) is 14.7. The molecule has 0 atom stereocenters. The quantitative estimate of drug-likeness (QED) is 0.519. The molecular formula is C20H28N2O2. The zero-order valence-corrected chi connectivity index (χ0v) is 14.7. The van der Waals surface area contributed by atoms with Crippen molar-refractivity contribution in [2.45, 2.75) is 26.4 Å². The van der Waals surface area contributed by atoms with E-state index in [2.05, 4.69) is 36.5 Å². The van der Waals surface area contributed by atoms with Crippen LogP contribution in [0, 0.1) is 6.92 Å². The summed E-state index contributed by atoms with van der Waals surface area (Å²) in [4.78, 5) is 0. The van der Waals surface area contributed by atoms with Gasteiger partial charge in [0, 0.05) is 13.7 Å². The van der Waals surface area contributed by atoms with Crippen molar-refractivity contribution in [3.05, 3.63) is 59.2 Å². The lowest BCUT2D eigenvalue weighted by Crippen LogP contribution is -2.20. The lowest BCUT2D eigenvalue weighted by molar-refractivity contribution is 0.199. The molecule has 2 aromatic carbocycles. The van der Waals surface area contributed by atoms with Crippen LogP contribution in [0.15, 0.2) is 42.5 Å². The molecule has 0 heterocycles. The van der Waals surface area contributed by atoms with Crippen molar-refractivity contribution >= 4 is 5.69 Å². The molecule has 0 saturated carbocycles. The van der Waals surface area contributed by atoms with E-state index in [0.29, 0.717) is 12.3 Å². The summed E-state index contributed by atoms with van der Waals surface area (Å²) in [5.41, 5.74) is 10.5. The molecular weight excluding hydrogens is 300 g/mol. The largest absolute Gasteiger partial charge is 0.487 e. The van der Waals surface area contributed by atoms with E-state index in [4.69, 9.17) is 15.2 Å². The number of rotatable bonds is 10. The minimum absolute atomic E-state index is 0.536. The average molecular weight is 328 g/mol. The van der Waals surface area contributed by atoms with E-state index in [1.807, 2.05) is 18.2 Å². The fourth-order valence-electron chi connectivity index (χ4n) is 2.56. The Morgan fingerprint density at radius 1 is 1.04 bits per heavy atom. The van der Waals surface area contributed by atoms with Gasteiger partial charge >= 0.3 is 0 Å². The Labute approximate surface area is 145 Å². The van der Waals surface area contributed by atoms with E-state index in [1.165, 1.54) is 11.1 Å². The fourth-order valence-corrected chi connectivity index (χ4v) is 2.56. The van der Waals surface area contributed by atoms with Crippen LogP contribution in [-0.2, 0) is 17.8 Å². The van der Waals surface area contributed by atoms with Crippen molar-refractivity contribution in [3.63, 3.8) is 0 Å². The SMILES string of the molecule is COCCNCCCc1ccc(OCc2cccc(C)c2)c(N)c1. The highest BCUT2D eigenvalue weighted by Crippen LogP contribution is 2.24. The number of nitrogens with one attached hydrogen (secondary N) is 1. The molecule has 24 heavy (non-hydrogen) atoms. The van der Waals surface area contributed by atoms with Gasteiger partial charge in [-0.05, 0) is 49.6 Å². The molecule has 0 aliphatic heterocycles. The maximum atomic E-state index is 6.13. The van der Waals surface area contributed by atoms with Crippen LogP contribution >= 0.6 is 0 Å². The molecule has 4 heteroatoms. The summed E-state index contributed by atoms with van der Waals surface area (Å²) in [6, 6.07) is 14.4. The summed E-state index contributed by atoms with van der Waals surface area (Å²) >= 11 is 0. The van der Waals surface area contributed by atoms with Crippen LogP contribution in [0.1, 0.15) is 23.1 Å². The second-order valence-corrected chi connectivity index (χ2v) is 6.00. The molecule has 0 amide bonds. The molecule has 2 rings (SSSR count). The first kappa shape index (κ1) is 18.3. The molecule has 0 bridgehead atoms. The van der Waals surface area contributed by atoms with Gasteiger partial charge in [-0.2, -0.15) is 0 Å². The third-order valence-electron chi connectivity index (χ3n) is 3.85. The molecule has 0 unspecified atom stereocenters. The van der Waals surface area contributed by atoms with Gasteiger partial charge in [0.1, 0.15) is 12.4 Å². The van der Waals surface area contributed by atoms with Crippen LogP contribution in [0.4, 0.5) is 5.69 Å².